The first-order valence-electron chi connectivity index (χ1n) is 25.4. The van der Waals surface area contributed by atoms with Crippen LogP contribution in [-0.4, -0.2) is 64.0 Å². The molecule has 10 heteroatoms. The van der Waals surface area contributed by atoms with Crippen LogP contribution in [0, 0.1) is 29.1 Å². The molecule has 0 unspecified atom stereocenters. The summed E-state index contributed by atoms with van der Waals surface area (Å²) in [7, 11) is 0. The SMILES string of the molecule is C=CCO[C@@]12Oc3ccc(Oc4ccc(-c5ccccc5)cc4)cc3[C@H]3[C@H](CCCCO)[C@@H](CCCCO)C=C(C(=NOC(C)(C)C)C[C@@H]1N(Cc1cccc4ccccc14)C(=O)c1ccc(C#N)cc1)[C@H]32. The van der Waals surface area contributed by atoms with Crippen molar-refractivity contribution in [1.82, 2.24) is 4.90 Å². The van der Waals surface area contributed by atoms with E-state index in [0.29, 0.717) is 46.9 Å². The third-order valence-electron chi connectivity index (χ3n) is 14.4. The van der Waals surface area contributed by atoms with E-state index in [-0.39, 0.29) is 56.4 Å². The molecule has 0 spiro atoms. The lowest BCUT2D eigenvalue weighted by atomic mass is 9.55. The molecule has 3 aliphatic rings. The number of fused-ring (bicyclic) bond motifs is 3. The summed E-state index contributed by atoms with van der Waals surface area (Å²) in [4.78, 5) is 24.0. The van der Waals surface area contributed by atoms with Crippen LogP contribution in [0.3, 0.4) is 0 Å². The molecule has 1 saturated carbocycles. The number of unbranched alkanes of at least 4 members (excludes halogenated alkanes) is 2. The maximum atomic E-state index is 15.7. The zero-order valence-corrected chi connectivity index (χ0v) is 41.6. The highest BCUT2D eigenvalue weighted by molar-refractivity contribution is 6.03. The molecule has 9 rings (SSSR count). The second-order valence-electron chi connectivity index (χ2n) is 20.2. The van der Waals surface area contributed by atoms with E-state index in [0.717, 1.165) is 64.3 Å². The molecular weight excluding hydrogens is 899 g/mol. The van der Waals surface area contributed by atoms with Gasteiger partial charge in [0.2, 0.25) is 5.79 Å². The Morgan fingerprint density at radius 3 is 2.26 bits per heavy atom. The van der Waals surface area contributed by atoms with Crippen LogP contribution in [0.4, 0.5) is 0 Å². The van der Waals surface area contributed by atoms with Gasteiger partial charge >= 0.3 is 0 Å². The normalized spacial score (nSPS) is 21.6. The number of carbonyl (C=O) groups is 1. The van der Waals surface area contributed by atoms with Gasteiger partial charge in [0.25, 0.3) is 5.91 Å². The molecule has 72 heavy (non-hydrogen) atoms. The monoisotopic (exact) mass is 963 g/mol. The first kappa shape index (κ1) is 49.9. The number of aliphatic hydroxyl groups is 2. The fourth-order valence-corrected chi connectivity index (χ4v) is 11.2. The number of allylic oxidation sites excluding steroid dienone is 1. The predicted octanol–water partition coefficient (Wildman–Crippen LogP) is 12.9. The Morgan fingerprint density at radius 2 is 1.54 bits per heavy atom. The standard InChI is InChI=1S/C62H65N3O7/c1-5-36-69-62-57(65(60(68)46-26-24-42(40-63)25-27-46)41-48-21-15-20-45-18-9-10-22-51(45)48)39-55(64-72-61(2,3)4)53-37-47(19-11-13-34-66)52(23-12-14-35-67)58(59(53)62)54-38-50(32-33-56(54)71-62)70-49-30-28-44(29-31-49)43-16-7-6-8-17-43/h5-10,15-18,20-22,24-33,37-38,47,52,57-59,66-67H,1,11-14,19,23,34-36,39,41H2,2-4H3/t47-,52+,57-,58+,59+,62+/m0/s1. The summed E-state index contributed by atoms with van der Waals surface area (Å²) < 4.78 is 21.6. The number of nitrogens with zero attached hydrogens (tertiary/aromatic N) is 3. The van der Waals surface area contributed by atoms with Gasteiger partial charge in [-0.05, 0) is 146 Å². The second kappa shape index (κ2) is 22.2. The molecule has 0 bridgehead atoms. The van der Waals surface area contributed by atoms with E-state index in [1.165, 1.54) is 0 Å². The summed E-state index contributed by atoms with van der Waals surface area (Å²) in [6.45, 7) is 10.5. The third-order valence-corrected chi connectivity index (χ3v) is 14.4. The molecule has 0 saturated heterocycles. The average Bonchev–Trinajstić information content (AvgIpc) is 3.40. The number of aliphatic hydroxyl groups excluding tert-OH is 2. The largest absolute Gasteiger partial charge is 0.459 e. The summed E-state index contributed by atoms with van der Waals surface area (Å²) in [6, 6.07) is 46.9. The number of benzene rings is 6. The first-order chi connectivity index (χ1) is 35.0. The van der Waals surface area contributed by atoms with E-state index >= 15 is 4.79 Å². The van der Waals surface area contributed by atoms with Crippen LogP contribution in [0.25, 0.3) is 21.9 Å². The molecule has 10 nitrogen and oxygen atoms in total. The number of rotatable bonds is 19. The van der Waals surface area contributed by atoms with Crippen LogP contribution >= 0.6 is 0 Å². The van der Waals surface area contributed by atoms with Gasteiger partial charge in [-0.1, -0.05) is 115 Å². The van der Waals surface area contributed by atoms with Crippen molar-refractivity contribution in [3.63, 3.8) is 0 Å². The van der Waals surface area contributed by atoms with Gasteiger partial charge < -0.3 is 34.2 Å². The molecule has 0 radical (unpaired) electrons. The van der Waals surface area contributed by atoms with Crippen LogP contribution in [-0.2, 0) is 16.1 Å². The van der Waals surface area contributed by atoms with Crippen LogP contribution in [0.5, 0.6) is 17.2 Å². The quantitative estimate of drug-likeness (QED) is 0.0466. The molecule has 1 amide bonds. The van der Waals surface area contributed by atoms with Crippen LogP contribution in [0.15, 0.2) is 169 Å². The molecule has 1 heterocycles. The van der Waals surface area contributed by atoms with Crippen LogP contribution in [0.2, 0.25) is 0 Å². The molecule has 2 N–H and O–H groups in total. The Bertz CT molecular complexity index is 2950. The van der Waals surface area contributed by atoms with Crippen molar-refractivity contribution in [2.45, 2.75) is 95.6 Å². The van der Waals surface area contributed by atoms with Crippen molar-refractivity contribution < 1.29 is 34.1 Å². The minimum atomic E-state index is -1.49. The highest BCUT2D eigenvalue weighted by Gasteiger charge is 2.65. The Hall–Kier alpha value is -7.03. The van der Waals surface area contributed by atoms with Crippen molar-refractivity contribution in [3.05, 3.63) is 186 Å². The molecule has 2 aliphatic carbocycles. The summed E-state index contributed by atoms with van der Waals surface area (Å²) in [5.41, 5.74) is 5.99. The highest BCUT2D eigenvalue weighted by atomic mass is 16.7. The zero-order chi connectivity index (χ0) is 50.2. The molecule has 370 valence electrons. The number of ether oxygens (including phenoxy) is 3. The Balaban J connectivity index is 1.26. The minimum Gasteiger partial charge on any atom is -0.459 e. The maximum Gasteiger partial charge on any atom is 0.254 e. The Morgan fingerprint density at radius 1 is 0.847 bits per heavy atom. The van der Waals surface area contributed by atoms with Crippen molar-refractivity contribution in [2.24, 2.45) is 22.9 Å². The van der Waals surface area contributed by atoms with E-state index in [4.69, 9.17) is 24.2 Å². The first-order valence-corrected chi connectivity index (χ1v) is 25.4. The minimum absolute atomic E-state index is 0.0167. The molecule has 6 aromatic carbocycles. The fourth-order valence-electron chi connectivity index (χ4n) is 11.2. The van der Waals surface area contributed by atoms with Crippen LogP contribution in [0.1, 0.15) is 98.7 Å². The number of carbonyl (C=O) groups excluding carboxylic acids is 1. The van der Waals surface area contributed by atoms with Crippen molar-refractivity contribution in [3.8, 4) is 34.4 Å². The second-order valence-corrected chi connectivity index (χ2v) is 20.2. The van der Waals surface area contributed by atoms with E-state index in [2.05, 4.69) is 73.3 Å². The van der Waals surface area contributed by atoms with Crippen molar-refractivity contribution >= 4 is 22.4 Å². The summed E-state index contributed by atoms with van der Waals surface area (Å²) in [6.07, 6.45) is 8.83. The Labute approximate surface area is 423 Å². The van der Waals surface area contributed by atoms with Gasteiger partial charge in [-0.3, -0.25) is 4.79 Å². The predicted molar refractivity (Wildman–Crippen MR) is 283 cm³/mol. The zero-order valence-electron chi connectivity index (χ0n) is 41.6. The Kier molecular flexibility index (Phi) is 15.4. The summed E-state index contributed by atoms with van der Waals surface area (Å²) in [5, 5.41) is 37.1. The van der Waals surface area contributed by atoms with Gasteiger partial charge in [-0.2, -0.15) is 5.26 Å². The highest BCUT2D eigenvalue weighted by Crippen LogP contribution is 2.62. The molecule has 1 aliphatic heterocycles. The third kappa shape index (κ3) is 10.6. The topological polar surface area (TPSA) is 134 Å². The maximum absolute atomic E-state index is 15.7. The van der Waals surface area contributed by atoms with Crippen molar-refractivity contribution in [1.29, 1.82) is 5.26 Å². The molecule has 6 aromatic rings. The lowest BCUT2D eigenvalue weighted by Crippen LogP contribution is -2.70. The smallest absolute Gasteiger partial charge is 0.254 e. The van der Waals surface area contributed by atoms with Gasteiger partial charge in [-0.15, -0.1) is 6.58 Å². The molecule has 0 aromatic heterocycles. The fraction of sp³-hybridized carbons (Fsp3) is 0.339. The number of amides is 1. The molecule has 1 fully saturated rings. The average molecular weight is 964 g/mol. The summed E-state index contributed by atoms with van der Waals surface area (Å²) >= 11 is 0. The van der Waals surface area contributed by atoms with Gasteiger partial charge in [0, 0.05) is 43.2 Å². The van der Waals surface area contributed by atoms with E-state index in [1.54, 1.807) is 30.3 Å². The van der Waals surface area contributed by atoms with Crippen LogP contribution < -0.4 is 9.47 Å². The van der Waals surface area contributed by atoms with E-state index in [9.17, 15) is 15.5 Å². The summed E-state index contributed by atoms with van der Waals surface area (Å²) in [5.74, 6) is -0.497. The lowest BCUT2D eigenvalue weighted by molar-refractivity contribution is -0.255. The number of hydrogen-bond donors (Lipinski definition) is 2. The van der Waals surface area contributed by atoms with E-state index in [1.807, 2.05) is 86.3 Å². The number of oxime groups is 1. The molecule has 6 atom stereocenters. The van der Waals surface area contributed by atoms with Gasteiger partial charge in [0.1, 0.15) is 28.9 Å². The van der Waals surface area contributed by atoms with Gasteiger partial charge in [0.05, 0.1) is 29.9 Å². The number of hydrogen-bond acceptors (Lipinski definition) is 9. The van der Waals surface area contributed by atoms with Gasteiger partial charge in [-0.25, -0.2) is 0 Å². The lowest BCUT2D eigenvalue weighted by Gasteiger charge is -2.60. The number of nitriles is 1. The van der Waals surface area contributed by atoms with Crippen molar-refractivity contribution in [2.75, 3.05) is 19.8 Å². The van der Waals surface area contributed by atoms with Gasteiger partial charge in [0.15, 0.2) is 0 Å². The molecular formula is C62H65N3O7. The van der Waals surface area contributed by atoms with E-state index < -0.39 is 23.3 Å².